The molecule has 5 rings (SSSR count). The number of alkyl halides is 1. The molecule has 4 heterocycles. The number of rotatable bonds is 7. The molecule has 0 spiro atoms. The van der Waals surface area contributed by atoms with Crippen molar-refractivity contribution in [3.63, 3.8) is 0 Å². The van der Waals surface area contributed by atoms with Gasteiger partial charge in [0.15, 0.2) is 16.7 Å². The van der Waals surface area contributed by atoms with Crippen LogP contribution in [-0.2, 0) is 6.42 Å². The Labute approximate surface area is 217 Å². The van der Waals surface area contributed by atoms with Crippen molar-refractivity contribution >= 4 is 45.6 Å². The second kappa shape index (κ2) is 10.9. The Bertz CT molecular complexity index is 1310. The van der Waals surface area contributed by atoms with Crippen LogP contribution >= 0.6 is 22.9 Å². The van der Waals surface area contributed by atoms with E-state index in [4.69, 9.17) is 21.7 Å². The number of hydrogen-bond donors (Lipinski definition) is 4. The maximum absolute atomic E-state index is 12.2. The van der Waals surface area contributed by atoms with Crippen LogP contribution < -0.4 is 21.3 Å². The molecule has 36 heavy (non-hydrogen) atoms. The van der Waals surface area contributed by atoms with E-state index in [1.54, 1.807) is 18.6 Å². The molecule has 0 bridgehead atoms. The van der Waals surface area contributed by atoms with Crippen LogP contribution in [0.5, 0.6) is 0 Å². The lowest BCUT2D eigenvalue weighted by Crippen LogP contribution is -2.43. The molecular formula is C24H26ClN9OS. The van der Waals surface area contributed by atoms with Gasteiger partial charge in [0, 0.05) is 35.7 Å². The predicted molar refractivity (Wildman–Crippen MR) is 143 cm³/mol. The molecule has 10 nitrogen and oxygen atoms in total. The van der Waals surface area contributed by atoms with Crippen molar-refractivity contribution in [2.75, 3.05) is 17.2 Å². The molecule has 2 aliphatic rings. The third kappa shape index (κ3) is 5.92. The Morgan fingerprint density at radius 3 is 3.00 bits per heavy atom. The molecule has 1 aliphatic heterocycles. The van der Waals surface area contributed by atoms with Crippen LogP contribution in [0.25, 0.3) is 5.69 Å². The fourth-order valence-electron chi connectivity index (χ4n) is 3.86. The Balaban J connectivity index is 1.15. The van der Waals surface area contributed by atoms with Crippen molar-refractivity contribution in [3.8, 4) is 5.69 Å². The van der Waals surface area contributed by atoms with Crippen LogP contribution in [0, 0.1) is 0 Å². The lowest BCUT2D eigenvalue weighted by molar-refractivity contribution is 0.254. The highest BCUT2D eigenvalue weighted by Gasteiger charge is 2.23. The van der Waals surface area contributed by atoms with Crippen molar-refractivity contribution in [1.29, 1.82) is 0 Å². The standard InChI is InChI=1S/C24H26ClN9OS/c1-15-29-20-14-34(18-7-10-26-11-8-18)33-21(20)22(30-15)27-9-3-6-19-13-28-24(36-19)32-23(35)31-17-5-2-4-16(25)12-17/h2,5,7-8,10-16,29H,3-4,6,9H2,1H3,(H,27,30)(H2,28,31,32,35). The number of amidine groups is 1. The lowest BCUT2D eigenvalue weighted by atomic mass is 10.1. The predicted octanol–water partition coefficient (Wildman–Crippen LogP) is 4.04. The molecule has 3 aromatic rings. The summed E-state index contributed by atoms with van der Waals surface area (Å²) in [4.78, 5) is 26.5. The molecular weight excluding hydrogens is 498 g/mol. The van der Waals surface area contributed by atoms with Crippen molar-refractivity contribution < 1.29 is 4.79 Å². The van der Waals surface area contributed by atoms with Gasteiger partial charge in [0.2, 0.25) is 0 Å². The van der Waals surface area contributed by atoms with Gasteiger partial charge in [-0.1, -0.05) is 6.08 Å². The number of thiazole rings is 1. The Morgan fingerprint density at radius 2 is 2.17 bits per heavy atom. The van der Waals surface area contributed by atoms with Crippen LogP contribution in [-0.4, -0.2) is 49.7 Å². The van der Waals surface area contributed by atoms with Gasteiger partial charge >= 0.3 is 6.03 Å². The zero-order valence-corrected chi connectivity index (χ0v) is 21.2. The van der Waals surface area contributed by atoms with E-state index in [1.807, 2.05) is 48.2 Å². The molecule has 186 valence electrons. The summed E-state index contributed by atoms with van der Waals surface area (Å²) in [6.07, 6.45) is 15.3. The summed E-state index contributed by atoms with van der Waals surface area (Å²) in [5.74, 6) is 0.776. The number of fused-ring (bicyclic) bond motifs is 1. The minimum absolute atomic E-state index is 0.0443. The number of nitrogens with zero attached hydrogens (tertiary/aromatic N) is 5. The van der Waals surface area contributed by atoms with Crippen LogP contribution in [0.1, 0.15) is 30.3 Å². The molecule has 3 aromatic heterocycles. The van der Waals surface area contributed by atoms with Crippen LogP contribution in [0.3, 0.4) is 0 Å². The summed E-state index contributed by atoms with van der Waals surface area (Å²) in [5, 5.41) is 17.5. The van der Waals surface area contributed by atoms with E-state index in [9.17, 15) is 4.79 Å². The van der Waals surface area contributed by atoms with Crippen LogP contribution in [0.2, 0.25) is 0 Å². The first-order valence-electron chi connectivity index (χ1n) is 11.7. The van der Waals surface area contributed by atoms with E-state index in [0.717, 1.165) is 47.0 Å². The summed E-state index contributed by atoms with van der Waals surface area (Å²) < 4.78 is 1.83. The molecule has 1 aliphatic carbocycles. The first-order chi connectivity index (χ1) is 17.5. The van der Waals surface area contributed by atoms with E-state index >= 15 is 0 Å². The fourth-order valence-corrected chi connectivity index (χ4v) is 4.95. The third-order valence-corrected chi connectivity index (χ3v) is 6.77. The lowest BCUT2D eigenvalue weighted by Gasteiger charge is -2.24. The maximum atomic E-state index is 12.2. The van der Waals surface area contributed by atoms with E-state index in [2.05, 4.69) is 31.2 Å². The first kappa shape index (κ1) is 24.0. The summed E-state index contributed by atoms with van der Waals surface area (Å²) in [7, 11) is 0. The Kier molecular flexibility index (Phi) is 7.28. The maximum Gasteiger partial charge on any atom is 0.325 e. The molecule has 2 unspecified atom stereocenters. The second-order valence-electron chi connectivity index (χ2n) is 8.37. The molecule has 0 saturated heterocycles. The Morgan fingerprint density at radius 1 is 1.31 bits per heavy atom. The number of urea groups is 1. The van der Waals surface area contributed by atoms with E-state index in [0.29, 0.717) is 17.4 Å². The number of carbonyl (C=O) groups excluding carboxylic acids is 1. The zero-order valence-electron chi connectivity index (χ0n) is 19.6. The number of aryl methyl sites for hydroxylation is 1. The van der Waals surface area contributed by atoms with Gasteiger partial charge in [0.25, 0.3) is 0 Å². The number of nitrogens with one attached hydrogen (secondary N) is 4. The molecule has 12 heteroatoms. The first-order valence-corrected chi connectivity index (χ1v) is 12.9. The third-order valence-electron chi connectivity index (χ3n) is 5.49. The SMILES string of the molecule is CC1NC(=NCCCc2cnc(NC(=O)NC3=CC(Cl)CC=C3)s2)c2nn(-c3ccncc3)cc2N1. The Hall–Kier alpha value is -3.70. The highest BCUT2D eigenvalue weighted by molar-refractivity contribution is 7.15. The molecule has 0 aromatic carbocycles. The number of hydrogen-bond acceptors (Lipinski definition) is 7. The minimum Gasteiger partial charge on any atom is -0.362 e. The summed E-state index contributed by atoms with van der Waals surface area (Å²) >= 11 is 7.55. The number of allylic oxidation sites excluding steroid dienone is 3. The van der Waals surface area contributed by atoms with Crippen LogP contribution in [0.15, 0.2) is 65.8 Å². The summed E-state index contributed by atoms with van der Waals surface area (Å²) in [5.41, 5.74) is 3.36. The van der Waals surface area contributed by atoms with Gasteiger partial charge in [0.1, 0.15) is 0 Å². The number of aliphatic imine (C=N–C) groups is 1. The molecule has 0 saturated carbocycles. The van der Waals surface area contributed by atoms with E-state index in [-0.39, 0.29) is 17.6 Å². The van der Waals surface area contributed by atoms with Crippen LogP contribution in [0.4, 0.5) is 15.6 Å². The van der Waals surface area contributed by atoms with E-state index < -0.39 is 0 Å². The summed E-state index contributed by atoms with van der Waals surface area (Å²) in [6, 6.07) is 3.48. The number of halogens is 1. The van der Waals surface area contributed by atoms with E-state index in [1.165, 1.54) is 11.3 Å². The average molecular weight is 524 g/mol. The topological polar surface area (TPSA) is 121 Å². The number of amides is 2. The quantitative estimate of drug-likeness (QED) is 0.274. The van der Waals surface area contributed by atoms with Crippen molar-refractivity contribution in [2.24, 2.45) is 4.99 Å². The van der Waals surface area contributed by atoms with Gasteiger partial charge < -0.3 is 16.0 Å². The van der Waals surface area contributed by atoms with Gasteiger partial charge in [0.05, 0.1) is 29.1 Å². The number of carbonyl (C=O) groups is 1. The minimum atomic E-state index is -0.336. The number of anilines is 2. The molecule has 2 atom stereocenters. The fraction of sp³-hybridized carbons (Fsp3) is 0.292. The largest absolute Gasteiger partial charge is 0.362 e. The van der Waals surface area contributed by atoms with Gasteiger partial charge in [-0.05, 0) is 50.5 Å². The average Bonchev–Trinajstić information content (AvgIpc) is 3.49. The number of pyridine rings is 1. The molecule has 0 fully saturated rings. The zero-order chi connectivity index (χ0) is 24.9. The smallest absolute Gasteiger partial charge is 0.325 e. The monoisotopic (exact) mass is 523 g/mol. The van der Waals surface area contributed by atoms with Crippen molar-refractivity contribution in [1.82, 2.24) is 30.4 Å². The van der Waals surface area contributed by atoms with Gasteiger partial charge in [-0.15, -0.1) is 22.9 Å². The van der Waals surface area contributed by atoms with Gasteiger partial charge in [-0.25, -0.2) is 14.5 Å². The summed E-state index contributed by atoms with van der Waals surface area (Å²) in [6.45, 7) is 2.68. The highest BCUT2D eigenvalue weighted by atomic mass is 35.5. The molecule has 4 N–H and O–H groups in total. The molecule has 0 radical (unpaired) electrons. The number of aromatic nitrogens is 4. The second-order valence-corrected chi connectivity index (χ2v) is 10.0. The van der Waals surface area contributed by atoms with Gasteiger partial charge in [-0.2, -0.15) is 5.10 Å². The van der Waals surface area contributed by atoms with Gasteiger partial charge in [-0.3, -0.25) is 15.3 Å². The normalized spacial score (nSPS) is 19.7. The van der Waals surface area contributed by atoms with Crippen molar-refractivity contribution in [3.05, 3.63) is 71.4 Å². The highest BCUT2D eigenvalue weighted by Crippen LogP contribution is 2.22. The van der Waals surface area contributed by atoms with Crippen molar-refractivity contribution in [2.45, 2.75) is 37.7 Å². The molecule has 2 amide bonds.